The highest BCUT2D eigenvalue weighted by molar-refractivity contribution is 6.04. The highest BCUT2D eigenvalue weighted by Crippen LogP contribution is 2.35. The van der Waals surface area contributed by atoms with Crippen LogP contribution < -0.4 is 5.32 Å². The SMILES string of the molecule is O=C1Nc2ccccc2C1CC(=O)N1CCCCC1Cn1cccn1. The van der Waals surface area contributed by atoms with Crippen LogP contribution in [0.15, 0.2) is 42.7 Å². The summed E-state index contributed by atoms with van der Waals surface area (Å²) in [5.41, 5.74) is 1.76. The Morgan fingerprint density at radius 1 is 1.24 bits per heavy atom. The number of hydrogen-bond donors (Lipinski definition) is 1. The molecule has 2 aliphatic rings. The first-order valence-electron chi connectivity index (χ1n) is 8.89. The fraction of sp³-hybridized carbons (Fsp3) is 0.421. The molecule has 6 nitrogen and oxygen atoms in total. The lowest BCUT2D eigenvalue weighted by Gasteiger charge is -2.36. The van der Waals surface area contributed by atoms with E-state index in [1.54, 1.807) is 6.20 Å². The van der Waals surface area contributed by atoms with Crippen molar-refractivity contribution in [3.8, 4) is 0 Å². The number of nitrogens with zero attached hydrogens (tertiary/aromatic N) is 3. The van der Waals surface area contributed by atoms with Crippen molar-refractivity contribution >= 4 is 17.5 Å². The molecule has 1 aromatic heterocycles. The molecule has 0 spiro atoms. The maximum atomic E-state index is 13.0. The Morgan fingerprint density at radius 2 is 2.12 bits per heavy atom. The summed E-state index contributed by atoms with van der Waals surface area (Å²) in [5.74, 6) is -0.389. The monoisotopic (exact) mass is 338 g/mol. The number of likely N-dealkylation sites (tertiary alicyclic amines) is 1. The highest BCUT2D eigenvalue weighted by Gasteiger charge is 2.35. The predicted molar refractivity (Wildman–Crippen MR) is 94.0 cm³/mol. The first-order valence-corrected chi connectivity index (χ1v) is 8.89. The van der Waals surface area contributed by atoms with Crippen molar-refractivity contribution in [1.82, 2.24) is 14.7 Å². The summed E-state index contributed by atoms with van der Waals surface area (Å²) >= 11 is 0. The number of anilines is 1. The standard InChI is InChI=1S/C19H22N4O2/c24-18(12-16-15-7-1-2-8-17(15)21-19(16)25)23-11-4-3-6-14(23)13-22-10-5-9-20-22/h1-2,5,7-10,14,16H,3-4,6,11-13H2,(H,21,25). The summed E-state index contributed by atoms with van der Waals surface area (Å²) in [6.45, 7) is 1.48. The molecule has 6 heteroatoms. The highest BCUT2D eigenvalue weighted by atomic mass is 16.2. The molecule has 0 radical (unpaired) electrons. The molecule has 0 aliphatic carbocycles. The summed E-state index contributed by atoms with van der Waals surface area (Å²) in [6, 6.07) is 9.68. The van der Waals surface area contributed by atoms with Gasteiger partial charge < -0.3 is 10.2 Å². The zero-order chi connectivity index (χ0) is 17.2. The van der Waals surface area contributed by atoms with Crippen LogP contribution in [-0.2, 0) is 16.1 Å². The third-order valence-electron chi connectivity index (χ3n) is 5.19. The van der Waals surface area contributed by atoms with Crippen LogP contribution in [0.25, 0.3) is 0 Å². The minimum Gasteiger partial charge on any atom is -0.338 e. The Morgan fingerprint density at radius 3 is 2.96 bits per heavy atom. The molecule has 25 heavy (non-hydrogen) atoms. The van der Waals surface area contributed by atoms with Crippen molar-refractivity contribution in [1.29, 1.82) is 0 Å². The van der Waals surface area contributed by atoms with Gasteiger partial charge in [0, 0.05) is 31.0 Å². The molecular formula is C19H22N4O2. The number of carbonyl (C=O) groups excluding carboxylic acids is 2. The van der Waals surface area contributed by atoms with Gasteiger partial charge in [0.1, 0.15) is 0 Å². The Hall–Kier alpha value is -2.63. The van der Waals surface area contributed by atoms with E-state index >= 15 is 0 Å². The summed E-state index contributed by atoms with van der Waals surface area (Å²) in [4.78, 5) is 27.2. The fourth-order valence-corrected chi connectivity index (χ4v) is 3.91. The second kappa shape index (κ2) is 6.70. The number of hydrogen-bond acceptors (Lipinski definition) is 3. The Kier molecular flexibility index (Phi) is 4.26. The van der Waals surface area contributed by atoms with Gasteiger partial charge in [0.25, 0.3) is 0 Å². The lowest BCUT2D eigenvalue weighted by atomic mass is 9.95. The Labute approximate surface area is 146 Å². The quantitative estimate of drug-likeness (QED) is 0.931. The zero-order valence-corrected chi connectivity index (χ0v) is 14.1. The number of fused-ring (bicyclic) bond motifs is 1. The zero-order valence-electron chi connectivity index (χ0n) is 14.1. The molecule has 2 atom stereocenters. The molecule has 0 saturated carbocycles. The average Bonchev–Trinajstić information content (AvgIpc) is 3.24. The Bertz CT molecular complexity index is 771. The molecule has 1 aromatic carbocycles. The van der Waals surface area contributed by atoms with Crippen molar-refractivity contribution in [3.63, 3.8) is 0 Å². The number of piperidine rings is 1. The van der Waals surface area contributed by atoms with Gasteiger partial charge in [-0.2, -0.15) is 5.10 Å². The predicted octanol–water partition coefficient (Wildman–Crippen LogP) is 2.39. The van der Waals surface area contributed by atoms with Crippen molar-refractivity contribution in [2.75, 3.05) is 11.9 Å². The topological polar surface area (TPSA) is 67.2 Å². The third-order valence-corrected chi connectivity index (χ3v) is 5.19. The van der Waals surface area contributed by atoms with Gasteiger partial charge in [0.2, 0.25) is 11.8 Å². The van der Waals surface area contributed by atoms with Crippen molar-refractivity contribution in [3.05, 3.63) is 48.3 Å². The van der Waals surface area contributed by atoms with Crippen LogP contribution in [0.3, 0.4) is 0 Å². The minimum absolute atomic E-state index is 0.0636. The maximum Gasteiger partial charge on any atom is 0.232 e. The van der Waals surface area contributed by atoms with E-state index in [9.17, 15) is 9.59 Å². The van der Waals surface area contributed by atoms with E-state index in [0.29, 0.717) is 6.54 Å². The van der Waals surface area contributed by atoms with Crippen LogP contribution in [0.2, 0.25) is 0 Å². The molecule has 0 bridgehead atoms. The molecule has 1 saturated heterocycles. The van der Waals surface area contributed by atoms with Crippen LogP contribution in [0.5, 0.6) is 0 Å². The van der Waals surface area contributed by atoms with E-state index in [1.165, 1.54) is 0 Å². The van der Waals surface area contributed by atoms with E-state index in [1.807, 2.05) is 46.1 Å². The van der Waals surface area contributed by atoms with E-state index in [2.05, 4.69) is 10.4 Å². The summed E-state index contributed by atoms with van der Waals surface area (Å²) in [5, 5.41) is 7.14. The lowest BCUT2D eigenvalue weighted by molar-refractivity contribution is -0.137. The number of rotatable bonds is 4. The van der Waals surface area contributed by atoms with E-state index in [-0.39, 0.29) is 30.2 Å². The minimum atomic E-state index is -0.379. The van der Waals surface area contributed by atoms with Gasteiger partial charge in [-0.25, -0.2) is 0 Å². The van der Waals surface area contributed by atoms with Gasteiger partial charge in [0.15, 0.2) is 0 Å². The number of aromatic nitrogens is 2. The summed E-state index contributed by atoms with van der Waals surface area (Å²) < 4.78 is 1.88. The largest absolute Gasteiger partial charge is 0.338 e. The number of para-hydroxylation sites is 1. The number of carbonyl (C=O) groups is 2. The fourth-order valence-electron chi connectivity index (χ4n) is 3.91. The van der Waals surface area contributed by atoms with Gasteiger partial charge in [0.05, 0.1) is 18.5 Å². The molecule has 1 N–H and O–H groups in total. The molecule has 3 heterocycles. The maximum absolute atomic E-state index is 13.0. The Balaban J connectivity index is 1.48. The smallest absolute Gasteiger partial charge is 0.232 e. The lowest BCUT2D eigenvalue weighted by Crippen LogP contribution is -2.46. The van der Waals surface area contributed by atoms with Gasteiger partial charge in [-0.1, -0.05) is 18.2 Å². The second-order valence-electron chi connectivity index (χ2n) is 6.80. The molecular weight excluding hydrogens is 316 g/mol. The number of amides is 2. The molecule has 1 fully saturated rings. The van der Waals surface area contributed by atoms with Gasteiger partial charge in [-0.05, 0) is 37.0 Å². The first-order chi connectivity index (χ1) is 12.2. The first kappa shape index (κ1) is 15.9. The number of benzene rings is 1. The van der Waals surface area contributed by atoms with Crippen LogP contribution in [0.1, 0.15) is 37.2 Å². The van der Waals surface area contributed by atoms with Crippen molar-refractivity contribution in [2.24, 2.45) is 0 Å². The van der Waals surface area contributed by atoms with Gasteiger partial charge in [-0.3, -0.25) is 14.3 Å². The van der Waals surface area contributed by atoms with Crippen molar-refractivity contribution in [2.45, 2.75) is 44.2 Å². The average molecular weight is 338 g/mol. The van der Waals surface area contributed by atoms with Crippen molar-refractivity contribution < 1.29 is 9.59 Å². The van der Waals surface area contributed by atoms with Crippen LogP contribution in [0.4, 0.5) is 5.69 Å². The van der Waals surface area contributed by atoms with E-state index in [0.717, 1.165) is 37.1 Å². The molecule has 2 aromatic rings. The van der Waals surface area contributed by atoms with Gasteiger partial charge >= 0.3 is 0 Å². The normalized spacial score (nSPS) is 22.6. The number of nitrogens with one attached hydrogen (secondary N) is 1. The van der Waals surface area contributed by atoms with E-state index < -0.39 is 0 Å². The van der Waals surface area contributed by atoms with E-state index in [4.69, 9.17) is 0 Å². The molecule has 2 amide bonds. The third kappa shape index (κ3) is 3.16. The van der Waals surface area contributed by atoms with Crippen LogP contribution >= 0.6 is 0 Å². The molecule has 4 rings (SSSR count). The second-order valence-corrected chi connectivity index (χ2v) is 6.80. The summed E-state index contributed by atoms with van der Waals surface area (Å²) in [6.07, 6.45) is 7.06. The van der Waals surface area contributed by atoms with Gasteiger partial charge in [-0.15, -0.1) is 0 Å². The van der Waals surface area contributed by atoms with Crippen LogP contribution in [-0.4, -0.2) is 39.1 Å². The molecule has 130 valence electrons. The summed E-state index contributed by atoms with van der Waals surface area (Å²) in [7, 11) is 0. The molecule has 2 unspecified atom stereocenters. The molecule has 2 aliphatic heterocycles. The van der Waals surface area contributed by atoms with Crippen LogP contribution in [0, 0.1) is 0 Å².